The number of fused-ring (bicyclic) bond motifs is 1. The first-order valence-electron chi connectivity index (χ1n) is 15.8. The maximum absolute atomic E-state index is 12.7. The number of para-hydroxylation sites is 1. The fraction of sp³-hybridized carbons (Fsp3) is 0.417. The van der Waals surface area contributed by atoms with Gasteiger partial charge in [-0.3, -0.25) is 4.79 Å². The van der Waals surface area contributed by atoms with Crippen LogP contribution in [0.4, 0.5) is 10.5 Å². The van der Waals surface area contributed by atoms with Gasteiger partial charge in [0.2, 0.25) is 5.91 Å². The molecular formula is C36H41N3O7. The lowest BCUT2D eigenvalue weighted by Gasteiger charge is -2.37. The Morgan fingerprint density at radius 3 is 2.59 bits per heavy atom. The molecule has 1 fully saturated rings. The van der Waals surface area contributed by atoms with E-state index < -0.39 is 6.09 Å². The van der Waals surface area contributed by atoms with E-state index in [0.717, 1.165) is 41.0 Å². The average Bonchev–Trinajstić information content (AvgIpc) is 3.08. The summed E-state index contributed by atoms with van der Waals surface area (Å²) in [6, 6.07) is 23.3. The summed E-state index contributed by atoms with van der Waals surface area (Å²) in [5, 5.41) is 18.9. The standard InChI is InChI=1S/C36H41N3O7/c1-43-19-4-17-39-32-22-26(8-9-28(32)12-15-35(39)40)25-46-34-24-38(36(41)42)18-16-31(34)27-10-13-30(14-11-27)44-20-5-21-45-33-7-3-2-6-29(33)23-37/h2-3,6-11,13-14,22,31,34H,4-5,12,15-21,24-25H2,1H3,(H,41,42). The summed E-state index contributed by atoms with van der Waals surface area (Å²) in [6.45, 7) is 3.12. The predicted molar refractivity (Wildman–Crippen MR) is 172 cm³/mol. The van der Waals surface area contributed by atoms with E-state index in [1.54, 1.807) is 25.3 Å². The van der Waals surface area contributed by atoms with E-state index in [-0.39, 0.29) is 24.5 Å². The molecule has 0 radical (unpaired) electrons. The van der Waals surface area contributed by atoms with Crippen LogP contribution in [-0.4, -0.2) is 74.7 Å². The van der Waals surface area contributed by atoms with Gasteiger partial charge in [0.05, 0.1) is 38.0 Å². The normalized spacial score (nSPS) is 17.7. The number of hydrogen-bond acceptors (Lipinski definition) is 7. The Morgan fingerprint density at radius 1 is 1.00 bits per heavy atom. The molecule has 0 aliphatic carbocycles. The lowest BCUT2D eigenvalue weighted by molar-refractivity contribution is -0.118. The minimum Gasteiger partial charge on any atom is -0.493 e. The summed E-state index contributed by atoms with van der Waals surface area (Å²) in [6.07, 6.45) is 2.00. The third-order valence-electron chi connectivity index (χ3n) is 8.50. The number of methoxy groups -OCH3 is 1. The third-order valence-corrected chi connectivity index (χ3v) is 8.50. The van der Waals surface area contributed by atoms with Crippen molar-refractivity contribution in [1.82, 2.24) is 4.90 Å². The van der Waals surface area contributed by atoms with Gasteiger partial charge in [0.25, 0.3) is 0 Å². The topological polar surface area (TPSA) is 122 Å². The highest BCUT2D eigenvalue weighted by molar-refractivity contribution is 5.96. The molecule has 2 unspecified atom stereocenters. The van der Waals surface area contributed by atoms with Gasteiger partial charge in [0.15, 0.2) is 0 Å². The van der Waals surface area contributed by atoms with Crippen LogP contribution in [0.5, 0.6) is 11.5 Å². The number of benzene rings is 3. The van der Waals surface area contributed by atoms with E-state index in [1.165, 1.54) is 4.90 Å². The van der Waals surface area contributed by atoms with E-state index in [9.17, 15) is 20.0 Å². The van der Waals surface area contributed by atoms with Gasteiger partial charge in [-0.15, -0.1) is 0 Å². The largest absolute Gasteiger partial charge is 0.493 e. The second-order valence-electron chi connectivity index (χ2n) is 11.6. The number of amides is 2. The summed E-state index contributed by atoms with van der Waals surface area (Å²) < 4.78 is 23.3. The molecule has 10 heteroatoms. The smallest absolute Gasteiger partial charge is 0.407 e. The van der Waals surface area contributed by atoms with Crippen LogP contribution in [0.3, 0.4) is 0 Å². The second kappa shape index (κ2) is 16.1. The highest BCUT2D eigenvalue weighted by atomic mass is 16.5. The lowest BCUT2D eigenvalue weighted by Crippen LogP contribution is -2.46. The second-order valence-corrected chi connectivity index (χ2v) is 11.6. The van der Waals surface area contributed by atoms with Gasteiger partial charge in [0, 0.05) is 51.3 Å². The van der Waals surface area contributed by atoms with Crippen LogP contribution in [0.15, 0.2) is 66.7 Å². The zero-order valence-electron chi connectivity index (χ0n) is 26.2. The van der Waals surface area contributed by atoms with Crippen LogP contribution >= 0.6 is 0 Å². The molecule has 0 saturated carbocycles. The van der Waals surface area contributed by atoms with Crippen molar-refractivity contribution in [3.8, 4) is 17.6 Å². The molecule has 5 rings (SSSR count). The summed E-state index contributed by atoms with van der Waals surface area (Å²) in [5.41, 5.74) is 4.59. The highest BCUT2D eigenvalue weighted by Gasteiger charge is 2.33. The van der Waals surface area contributed by atoms with Gasteiger partial charge in [-0.2, -0.15) is 5.26 Å². The number of carbonyl (C=O) groups excluding carboxylic acids is 1. The Labute approximate surface area is 270 Å². The molecule has 2 amide bonds. The van der Waals surface area contributed by atoms with Crippen molar-refractivity contribution in [1.29, 1.82) is 5.26 Å². The quantitative estimate of drug-likeness (QED) is 0.224. The molecule has 3 aromatic carbocycles. The number of nitriles is 1. The maximum Gasteiger partial charge on any atom is 0.407 e. The molecule has 2 heterocycles. The minimum atomic E-state index is -0.949. The molecule has 0 bridgehead atoms. The SMILES string of the molecule is COCCCN1C(=O)CCc2ccc(COC3CN(C(=O)O)CCC3c3ccc(OCCCOc4ccccc4C#N)cc3)cc21. The number of rotatable bonds is 14. The van der Waals surface area contributed by atoms with E-state index >= 15 is 0 Å². The molecule has 1 saturated heterocycles. The summed E-state index contributed by atoms with van der Waals surface area (Å²) in [7, 11) is 1.66. The number of piperidine rings is 1. The van der Waals surface area contributed by atoms with Gasteiger partial charge in [-0.1, -0.05) is 36.4 Å². The van der Waals surface area contributed by atoms with Gasteiger partial charge in [-0.25, -0.2) is 4.79 Å². The van der Waals surface area contributed by atoms with Crippen LogP contribution in [0, 0.1) is 11.3 Å². The summed E-state index contributed by atoms with van der Waals surface area (Å²) in [5.74, 6) is 1.44. The molecule has 46 heavy (non-hydrogen) atoms. The Hall–Kier alpha value is -4.59. The predicted octanol–water partition coefficient (Wildman–Crippen LogP) is 5.77. The molecule has 3 aromatic rings. The van der Waals surface area contributed by atoms with Gasteiger partial charge >= 0.3 is 6.09 Å². The first kappa shape index (κ1) is 32.8. The molecule has 2 atom stereocenters. The first-order valence-corrected chi connectivity index (χ1v) is 15.8. The van der Waals surface area contributed by atoms with E-state index in [4.69, 9.17) is 18.9 Å². The molecule has 2 aliphatic heterocycles. The molecule has 242 valence electrons. The van der Waals surface area contributed by atoms with Crippen molar-refractivity contribution in [3.05, 3.63) is 89.0 Å². The number of hydrogen-bond donors (Lipinski definition) is 1. The fourth-order valence-corrected chi connectivity index (χ4v) is 6.06. The van der Waals surface area contributed by atoms with Crippen molar-refractivity contribution < 1.29 is 33.6 Å². The Bertz CT molecular complexity index is 1520. The van der Waals surface area contributed by atoms with Crippen molar-refractivity contribution in [3.63, 3.8) is 0 Å². The number of carboxylic acid groups (broad SMARTS) is 1. The average molecular weight is 628 g/mol. The maximum atomic E-state index is 12.7. The zero-order valence-corrected chi connectivity index (χ0v) is 26.2. The molecule has 0 aromatic heterocycles. The van der Waals surface area contributed by atoms with Crippen molar-refractivity contribution in [2.45, 2.75) is 50.7 Å². The Kier molecular flexibility index (Phi) is 11.5. The zero-order chi connectivity index (χ0) is 32.3. The van der Waals surface area contributed by atoms with Crippen LogP contribution in [-0.2, 0) is 27.3 Å². The fourth-order valence-electron chi connectivity index (χ4n) is 6.06. The van der Waals surface area contributed by atoms with E-state index in [2.05, 4.69) is 12.1 Å². The minimum absolute atomic E-state index is 0.0167. The van der Waals surface area contributed by atoms with Gasteiger partial charge in [-0.05, 0) is 66.3 Å². The summed E-state index contributed by atoms with van der Waals surface area (Å²) in [4.78, 5) is 27.8. The van der Waals surface area contributed by atoms with Crippen LogP contribution in [0.1, 0.15) is 53.9 Å². The number of aryl methyl sites for hydroxylation is 1. The van der Waals surface area contributed by atoms with Crippen LogP contribution in [0.25, 0.3) is 0 Å². The van der Waals surface area contributed by atoms with Gasteiger partial charge in [0.1, 0.15) is 17.6 Å². The Balaban J connectivity index is 1.19. The number of ether oxygens (including phenoxy) is 4. The number of carbonyl (C=O) groups is 2. The highest BCUT2D eigenvalue weighted by Crippen LogP contribution is 2.34. The molecule has 2 aliphatic rings. The first-order chi connectivity index (χ1) is 22.5. The molecular weight excluding hydrogens is 586 g/mol. The third kappa shape index (κ3) is 8.36. The van der Waals surface area contributed by atoms with Crippen molar-refractivity contribution in [2.75, 3.05) is 51.5 Å². The van der Waals surface area contributed by atoms with Gasteiger partial charge < -0.3 is 33.9 Å². The van der Waals surface area contributed by atoms with Crippen LogP contribution in [0.2, 0.25) is 0 Å². The molecule has 1 N–H and O–H groups in total. The van der Waals surface area contributed by atoms with E-state index in [0.29, 0.717) is 70.1 Å². The monoisotopic (exact) mass is 627 g/mol. The molecule has 0 spiro atoms. The summed E-state index contributed by atoms with van der Waals surface area (Å²) >= 11 is 0. The molecule has 10 nitrogen and oxygen atoms in total. The van der Waals surface area contributed by atoms with Crippen molar-refractivity contribution in [2.24, 2.45) is 0 Å². The Morgan fingerprint density at radius 2 is 1.80 bits per heavy atom. The number of nitrogens with zero attached hydrogens (tertiary/aromatic N) is 3. The van der Waals surface area contributed by atoms with Crippen LogP contribution < -0.4 is 14.4 Å². The lowest BCUT2D eigenvalue weighted by atomic mass is 9.87. The number of likely N-dealkylation sites (tertiary alicyclic amines) is 1. The van der Waals surface area contributed by atoms with E-state index in [1.807, 2.05) is 47.4 Å². The van der Waals surface area contributed by atoms with Crippen molar-refractivity contribution >= 4 is 17.7 Å². The number of anilines is 1.